The molecule has 0 heterocycles. The summed E-state index contributed by atoms with van der Waals surface area (Å²) in [6, 6.07) is 19.3. The van der Waals surface area contributed by atoms with Crippen LogP contribution in [0.2, 0.25) is 0 Å². The van der Waals surface area contributed by atoms with Crippen LogP contribution in [0.4, 0.5) is 0 Å². The quantitative estimate of drug-likeness (QED) is 0.819. The summed E-state index contributed by atoms with van der Waals surface area (Å²) < 4.78 is 0. The van der Waals surface area contributed by atoms with Gasteiger partial charge in [0.25, 0.3) is 0 Å². The van der Waals surface area contributed by atoms with Gasteiger partial charge in [-0.05, 0) is 24.0 Å². The van der Waals surface area contributed by atoms with Gasteiger partial charge in [0.15, 0.2) is 0 Å². The fraction of sp³-hybridized carbons (Fsp3) is 0.333. The number of nitrogens with zero attached hydrogens (tertiary/aromatic N) is 1. The van der Waals surface area contributed by atoms with E-state index in [2.05, 4.69) is 5.32 Å². The molecule has 2 amide bonds. The monoisotopic (exact) mass is 338 g/mol. The lowest BCUT2D eigenvalue weighted by molar-refractivity contribution is -0.146. The third-order valence-electron chi connectivity index (χ3n) is 4.19. The van der Waals surface area contributed by atoms with Crippen LogP contribution in [0.3, 0.4) is 0 Å². The lowest BCUT2D eigenvalue weighted by atomic mass is 9.96. The highest BCUT2D eigenvalue weighted by atomic mass is 16.2. The predicted octanol–water partition coefficient (Wildman–Crippen LogP) is 3.55. The molecule has 0 spiro atoms. The molecule has 0 saturated heterocycles. The number of benzene rings is 2. The highest BCUT2D eigenvalue weighted by molar-refractivity contribution is 6.35. The van der Waals surface area contributed by atoms with Gasteiger partial charge in [-0.15, -0.1) is 0 Å². The van der Waals surface area contributed by atoms with Crippen molar-refractivity contribution in [3.63, 3.8) is 0 Å². The Hall–Kier alpha value is -2.62. The van der Waals surface area contributed by atoms with Crippen LogP contribution < -0.4 is 5.32 Å². The summed E-state index contributed by atoms with van der Waals surface area (Å²) in [6.07, 6.45) is 0. The molecular weight excluding hydrogens is 312 g/mol. The Labute approximate surface area is 149 Å². The number of carbonyl (C=O) groups is 2. The van der Waals surface area contributed by atoms with E-state index in [9.17, 15) is 9.59 Å². The number of likely N-dealkylation sites (N-methyl/N-ethyl adjacent to an activating group) is 1. The molecule has 1 N–H and O–H groups in total. The molecule has 0 aromatic heterocycles. The molecule has 2 rings (SSSR count). The molecule has 4 heteroatoms. The van der Waals surface area contributed by atoms with E-state index in [0.717, 1.165) is 11.1 Å². The summed E-state index contributed by atoms with van der Waals surface area (Å²) >= 11 is 0. The Morgan fingerprint density at radius 3 is 2.04 bits per heavy atom. The van der Waals surface area contributed by atoms with Crippen LogP contribution >= 0.6 is 0 Å². The standard InChI is InChI=1S/C21H26N2O2/c1-4-23(15-17-11-7-5-8-12-17)21(25)20(24)22-19(16(2)3)18-13-9-6-10-14-18/h5-14,16,19H,4,15H2,1-3H3,(H,22,24)/t19-/m1/s1. The zero-order valence-corrected chi connectivity index (χ0v) is 15.1. The van der Waals surface area contributed by atoms with Crippen LogP contribution in [0.5, 0.6) is 0 Å². The van der Waals surface area contributed by atoms with Crippen LogP contribution in [0.15, 0.2) is 60.7 Å². The fourth-order valence-corrected chi connectivity index (χ4v) is 2.77. The average molecular weight is 338 g/mol. The largest absolute Gasteiger partial charge is 0.341 e. The Morgan fingerprint density at radius 2 is 1.52 bits per heavy atom. The van der Waals surface area contributed by atoms with Gasteiger partial charge < -0.3 is 10.2 Å². The molecular formula is C21H26N2O2. The fourth-order valence-electron chi connectivity index (χ4n) is 2.77. The van der Waals surface area contributed by atoms with Gasteiger partial charge in [0.05, 0.1) is 6.04 Å². The van der Waals surface area contributed by atoms with E-state index in [0.29, 0.717) is 13.1 Å². The zero-order chi connectivity index (χ0) is 18.2. The van der Waals surface area contributed by atoms with Crippen molar-refractivity contribution in [2.45, 2.75) is 33.4 Å². The maximum Gasteiger partial charge on any atom is 0.312 e. The summed E-state index contributed by atoms with van der Waals surface area (Å²) in [7, 11) is 0. The molecule has 0 bridgehead atoms. The maximum absolute atomic E-state index is 12.6. The topological polar surface area (TPSA) is 49.4 Å². The van der Waals surface area contributed by atoms with Crippen LogP contribution in [-0.4, -0.2) is 23.3 Å². The van der Waals surface area contributed by atoms with E-state index < -0.39 is 11.8 Å². The second kappa shape index (κ2) is 9.02. The Morgan fingerprint density at radius 1 is 0.960 bits per heavy atom. The van der Waals surface area contributed by atoms with Crippen molar-refractivity contribution in [3.05, 3.63) is 71.8 Å². The summed E-state index contributed by atoms with van der Waals surface area (Å²) in [6.45, 7) is 6.86. The van der Waals surface area contributed by atoms with Crippen LogP contribution in [0, 0.1) is 5.92 Å². The molecule has 0 fully saturated rings. The van der Waals surface area contributed by atoms with Crippen molar-refractivity contribution in [2.75, 3.05) is 6.54 Å². The van der Waals surface area contributed by atoms with Gasteiger partial charge in [-0.2, -0.15) is 0 Å². The second-order valence-electron chi connectivity index (χ2n) is 6.41. The average Bonchev–Trinajstić information content (AvgIpc) is 2.64. The zero-order valence-electron chi connectivity index (χ0n) is 15.1. The summed E-state index contributed by atoms with van der Waals surface area (Å²) in [5.41, 5.74) is 2.01. The van der Waals surface area contributed by atoms with Crippen LogP contribution in [-0.2, 0) is 16.1 Å². The molecule has 0 aliphatic carbocycles. The van der Waals surface area contributed by atoms with Gasteiger partial charge in [-0.3, -0.25) is 9.59 Å². The minimum atomic E-state index is -0.555. The molecule has 25 heavy (non-hydrogen) atoms. The highest BCUT2D eigenvalue weighted by Gasteiger charge is 2.25. The third-order valence-corrected chi connectivity index (χ3v) is 4.19. The van der Waals surface area contributed by atoms with Crippen LogP contribution in [0.25, 0.3) is 0 Å². The van der Waals surface area contributed by atoms with Gasteiger partial charge in [0, 0.05) is 13.1 Å². The van der Waals surface area contributed by atoms with E-state index in [1.54, 1.807) is 4.90 Å². The van der Waals surface area contributed by atoms with Crippen molar-refractivity contribution in [2.24, 2.45) is 5.92 Å². The van der Waals surface area contributed by atoms with E-state index in [1.807, 2.05) is 81.4 Å². The van der Waals surface area contributed by atoms with Gasteiger partial charge in [-0.25, -0.2) is 0 Å². The molecule has 0 aliphatic rings. The lowest BCUT2D eigenvalue weighted by Crippen LogP contribution is -2.44. The Kier molecular flexibility index (Phi) is 6.75. The van der Waals surface area contributed by atoms with Gasteiger partial charge in [0.1, 0.15) is 0 Å². The van der Waals surface area contributed by atoms with Crippen molar-refractivity contribution in [3.8, 4) is 0 Å². The van der Waals surface area contributed by atoms with E-state index in [-0.39, 0.29) is 12.0 Å². The number of carbonyl (C=O) groups excluding carboxylic acids is 2. The first-order valence-electron chi connectivity index (χ1n) is 8.71. The van der Waals surface area contributed by atoms with Crippen molar-refractivity contribution in [1.29, 1.82) is 0 Å². The van der Waals surface area contributed by atoms with Crippen molar-refractivity contribution >= 4 is 11.8 Å². The van der Waals surface area contributed by atoms with Crippen molar-refractivity contribution in [1.82, 2.24) is 10.2 Å². The van der Waals surface area contributed by atoms with E-state index in [4.69, 9.17) is 0 Å². The maximum atomic E-state index is 12.6. The SMILES string of the molecule is CCN(Cc1ccccc1)C(=O)C(=O)N[C@@H](c1ccccc1)C(C)C. The molecule has 0 aliphatic heterocycles. The van der Waals surface area contributed by atoms with Gasteiger partial charge >= 0.3 is 11.8 Å². The summed E-state index contributed by atoms with van der Waals surface area (Å²) in [5.74, 6) is -0.864. The van der Waals surface area contributed by atoms with E-state index in [1.165, 1.54) is 0 Å². The normalized spacial score (nSPS) is 11.8. The first-order chi connectivity index (χ1) is 12.0. The number of nitrogens with one attached hydrogen (secondary N) is 1. The minimum absolute atomic E-state index is 0.184. The second-order valence-corrected chi connectivity index (χ2v) is 6.41. The molecule has 0 radical (unpaired) electrons. The first kappa shape index (κ1) is 18.7. The smallest absolute Gasteiger partial charge is 0.312 e. The number of hydrogen-bond acceptors (Lipinski definition) is 2. The molecule has 0 saturated carbocycles. The lowest BCUT2D eigenvalue weighted by Gasteiger charge is -2.25. The van der Waals surface area contributed by atoms with Crippen molar-refractivity contribution < 1.29 is 9.59 Å². The molecule has 0 unspecified atom stereocenters. The molecule has 2 aromatic rings. The third kappa shape index (κ3) is 5.18. The van der Waals surface area contributed by atoms with Crippen LogP contribution in [0.1, 0.15) is 37.9 Å². The number of hydrogen-bond donors (Lipinski definition) is 1. The number of amides is 2. The predicted molar refractivity (Wildman–Crippen MR) is 99.7 cm³/mol. The molecule has 4 nitrogen and oxygen atoms in total. The van der Waals surface area contributed by atoms with Gasteiger partial charge in [0.2, 0.25) is 0 Å². The van der Waals surface area contributed by atoms with E-state index >= 15 is 0 Å². The Balaban J connectivity index is 2.07. The first-order valence-corrected chi connectivity index (χ1v) is 8.71. The summed E-state index contributed by atoms with van der Waals surface area (Å²) in [4.78, 5) is 26.7. The van der Waals surface area contributed by atoms with Gasteiger partial charge in [-0.1, -0.05) is 74.5 Å². The summed E-state index contributed by atoms with van der Waals surface area (Å²) in [5, 5.41) is 2.90. The Bertz CT molecular complexity index is 684. The minimum Gasteiger partial charge on any atom is -0.341 e. The highest BCUT2D eigenvalue weighted by Crippen LogP contribution is 2.21. The molecule has 1 atom stereocenters. The molecule has 132 valence electrons. The molecule has 2 aromatic carbocycles. The number of rotatable bonds is 6.